The fourth-order valence-electron chi connectivity index (χ4n) is 3.59. The molecular weight excluding hydrogens is 216 g/mol. The standard InChI is InChI=1S/C14H16O3/c15-10-4-3-9-2-1-6-14(12(9)8-10)7-5-11(14)13(16)17/h3-4,8,11,15H,1-2,5-7H2,(H,16,17)/t11-,14-/m1/s1. The number of carboxylic acids is 1. The summed E-state index contributed by atoms with van der Waals surface area (Å²) >= 11 is 0. The molecule has 2 atom stereocenters. The van der Waals surface area contributed by atoms with E-state index in [4.69, 9.17) is 0 Å². The molecule has 90 valence electrons. The van der Waals surface area contributed by atoms with Crippen LogP contribution < -0.4 is 0 Å². The highest BCUT2D eigenvalue weighted by Gasteiger charge is 2.53. The lowest BCUT2D eigenvalue weighted by Gasteiger charge is -2.51. The van der Waals surface area contributed by atoms with E-state index in [0.29, 0.717) is 0 Å². The van der Waals surface area contributed by atoms with Crippen molar-refractivity contribution in [2.45, 2.75) is 37.5 Å². The van der Waals surface area contributed by atoms with Crippen LogP contribution in [0.2, 0.25) is 0 Å². The van der Waals surface area contributed by atoms with Gasteiger partial charge in [0.15, 0.2) is 0 Å². The third-order valence-corrected chi connectivity index (χ3v) is 4.54. The van der Waals surface area contributed by atoms with E-state index in [1.807, 2.05) is 6.07 Å². The Morgan fingerprint density at radius 1 is 1.35 bits per heavy atom. The van der Waals surface area contributed by atoms with Crippen molar-refractivity contribution < 1.29 is 15.0 Å². The molecule has 0 heterocycles. The topological polar surface area (TPSA) is 57.5 Å². The van der Waals surface area contributed by atoms with Gasteiger partial charge < -0.3 is 10.2 Å². The Morgan fingerprint density at radius 2 is 2.18 bits per heavy atom. The molecule has 0 saturated heterocycles. The molecule has 1 fully saturated rings. The molecule has 2 N–H and O–H groups in total. The number of aliphatic carboxylic acids is 1. The number of aryl methyl sites for hydroxylation is 1. The van der Waals surface area contributed by atoms with Gasteiger partial charge in [-0.25, -0.2) is 0 Å². The fourth-order valence-corrected chi connectivity index (χ4v) is 3.59. The highest BCUT2D eigenvalue weighted by molar-refractivity contribution is 5.74. The average molecular weight is 232 g/mol. The van der Waals surface area contributed by atoms with Crippen LogP contribution in [0, 0.1) is 5.92 Å². The van der Waals surface area contributed by atoms with Gasteiger partial charge in [-0.2, -0.15) is 0 Å². The van der Waals surface area contributed by atoms with E-state index in [1.165, 1.54) is 5.56 Å². The molecule has 1 aromatic carbocycles. The SMILES string of the molecule is O=C(O)[C@H]1CC[C@]12CCCc1ccc(O)cc12. The van der Waals surface area contributed by atoms with Crippen molar-refractivity contribution in [2.75, 3.05) is 0 Å². The Labute approximate surface area is 100 Å². The first-order valence-corrected chi connectivity index (χ1v) is 6.19. The monoisotopic (exact) mass is 232 g/mol. The van der Waals surface area contributed by atoms with Gasteiger partial charge in [-0.05, 0) is 55.4 Å². The first-order chi connectivity index (χ1) is 8.13. The van der Waals surface area contributed by atoms with E-state index in [-0.39, 0.29) is 17.1 Å². The second kappa shape index (κ2) is 3.49. The molecule has 3 nitrogen and oxygen atoms in total. The zero-order valence-electron chi connectivity index (χ0n) is 9.65. The van der Waals surface area contributed by atoms with Crippen LogP contribution in [0.25, 0.3) is 0 Å². The lowest BCUT2D eigenvalue weighted by atomic mass is 9.52. The van der Waals surface area contributed by atoms with Crippen LogP contribution in [0.15, 0.2) is 18.2 Å². The summed E-state index contributed by atoms with van der Waals surface area (Å²) in [5.74, 6) is -0.697. The van der Waals surface area contributed by atoms with Crippen molar-refractivity contribution in [3.05, 3.63) is 29.3 Å². The van der Waals surface area contributed by atoms with E-state index in [0.717, 1.165) is 37.7 Å². The highest BCUT2D eigenvalue weighted by atomic mass is 16.4. The number of carbonyl (C=O) groups is 1. The van der Waals surface area contributed by atoms with Gasteiger partial charge in [-0.3, -0.25) is 4.79 Å². The molecule has 0 amide bonds. The zero-order chi connectivity index (χ0) is 12.0. The molecule has 1 spiro atoms. The molecule has 1 saturated carbocycles. The Bertz CT molecular complexity index is 480. The predicted molar refractivity (Wildman–Crippen MR) is 63.1 cm³/mol. The number of phenols is 1. The first kappa shape index (κ1) is 10.6. The number of phenolic OH excluding ortho intramolecular Hbond substituents is 1. The summed E-state index contributed by atoms with van der Waals surface area (Å²) in [5, 5.41) is 18.9. The van der Waals surface area contributed by atoms with Crippen molar-refractivity contribution in [1.29, 1.82) is 0 Å². The maximum Gasteiger partial charge on any atom is 0.307 e. The summed E-state index contributed by atoms with van der Waals surface area (Å²) in [6.07, 6.45) is 4.72. The van der Waals surface area contributed by atoms with Gasteiger partial charge in [0.25, 0.3) is 0 Å². The normalized spacial score (nSPS) is 30.7. The number of rotatable bonds is 1. The Kier molecular flexibility index (Phi) is 2.18. The largest absolute Gasteiger partial charge is 0.508 e. The third kappa shape index (κ3) is 1.38. The Hall–Kier alpha value is -1.51. The second-order valence-electron chi connectivity index (χ2n) is 5.28. The van der Waals surface area contributed by atoms with E-state index in [2.05, 4.69) is 0 Å². The van der Waals surface area contributed by atoms with Gasteiger partial charge in [0, 0.05) is 5.41 Å². The lowest BCUT2D eigenvalue weighted by Crippen LogP contribution is -2.50. The summed E-state index contributed by atoms with van der Waals surface area (Å²) in [7, 11) is 0. The summed E-state index contributed by atoms with van der Waals surface area (Å²) in [6.45, 7) is 0. The molecule has 0 radical (unpaired) electrons. The smallest absolute Gasteiger partial charge is 0.307 e. The summed E-state index contributed by atoms with van der Waals surface area (Å²) in [4.78, 5) is 11.3. The van der Waals surface area contributed by atoms with E-state index >= 15 is 0 Å². The minimum atomic E-state index is -0.688. The van der Waals surface area contributed by atoms with Crippen LogP contribution >= 0.6 is 0 Å². The lowest BCUT2D eigenvalue weighted by molar-refractivity contribution is -0.150. The van der Waals surface area contributed by atoms with Gasteiger partial charge in [0.05, 0.1) is 5.92 Å². The molecule has 0 bridgehead atoms. The molecular formula is C14H16O3. The maximum absolute atomic E-state index is 11.3. The van der Waals surface area contributed by atoms with Crippen LogP contribution in [0.3, 0.4) is 0 Å². The van der Waals surface area contributed by atoms with Crippen LogP contribution in [0.5, 0.6) is 5.75 Å². The third-order valence-electron chi connectivity index (χ3n) is 4.54. The second-order valence-corrected chi connectivity index (χ2v) is 5.28. The van der Waals surface area contributed by atoms with Crippen LogP contribution in [0.1, 0.15) is 36.8 Å². The summed E-state index contributed by atoms with van der Waals surface area (Å²) < 4.78 is 0. The first-order valence-electron chi connectivity index (χ1n) is 6.19. The van der Waals surface area contributed by atoms with Crippen molar-refractivity contribution in [3.8, 4) is 5.75 Å². The highest BCUT2D eigenvalue weighted by Crippen LogP contribution is 2.55. The summed E-state index contributed by atoms with van der Waals surface area (Å²) in [5.41, 5.74) is 2.11. The number of carboxylic acid groups (broad SMARTS) is 1. The fraction of sp³-hybridized carbons (Fsp3) is 0.500. The molecule has 0 aromatic heterocycles. The van der Waals surface area contributed by atoms with Crippen LogP contribution in [0.4, 0.5) is 0 Å². The van der Waals surface area contributed by atoms with Gasteiger partial charge >= 0.3 is 5.97 Å². The van der Waals surface area contributed by atoms with Crippen LogP contribution in [-0.2, 0) is 16.6 Å². The summed E-state index contributed by atoms with van der Waals surface area (Å²) in [6, 6.07) is 5.43. The molecule has 3 rings (SSSR count). The van der Waals surface area contributed by atoms with E-state index in [1.54, 1.807) is 12.1 Å². The Morgan fingerprint density at radius 3 is 2.82 bits per heavy atom. The minimum absolute atomic E-state index is 0.196. The predicted octanol–water partition coefficient (Wildman–Crippen LogP) is 2.46. The van der Waals surface area contributed by atoms with Crippen molar-refractivity contribution >= 4 is 5.97 Å². The minimum Gasteiger partial charge on any atom is -0.508 e. The average Bonchev–Trinajstić information content (AvgIpc) is 2.25. The molecule has 2 aliphatic rings. The van der Waals surface area contributed by atoms with Crippen molar-refractivity contribution in [3.63, 3.8) is 0 Å². The van der Waals surface area contributed by atoms with Gasteiger partial charge in [-0.1, -0.05) is 6.07 Å². The number of aromatic hydroxyl groups is 1. The Balaban J connectivity index is 2.10. The quantitative estimate of drug-likeness (QED) is 0.782. The molecule has 0 aliphatic heterocycles. The van der Waals surface area contributed by atoms with Gasteiger partial charge in [0.2, 0.25) is 0 Å². The van der Waals surface area contributed by atoms with E-state index < -0.39 is 5.97 Å². The van der Waals surface area contributed by atoms with E-state index in [9.17, 15) is 15.0 Å². The molecule has 0 unspecified atom stereocenters. The molecule has 17 heavy (non-hydrogen) atoms. The number of hydrogen-bond acceptors (Lipinski definition) is 2. The number of fused-ring (bicyclic) bond motifs is 2. The molecule has 1 aromatic rings. The number of hydrogen-bond donors (Lipinski definition) is 2. The zero-order valence-corrected chi connectivity index (χ0v) is 9.65. The molecule has 2 aliphatic carbocycles. The van der Waals surface area contributed by atoms with Crippen LogP contribution in [-0.4, -0.2) is 16.2 Å². The van der Waals surface area contributed by atoms with Crippen molar-refractivity contribution in [1.82, 2.24) is 0 Å². The number of benzene rings is 1. The maximum atomic E-state index is 11.3. The van der Waals surface area contributed by atoms with Gasteiger partial charge in [-0.15, -0.1) is 0 Å². The van der Waals surface area contributed by atoms with Gasteiger partial charge in [0.1, 0.15) is 5.75 Å². The molecule has 3 heteroatoms. The van der Waals surface area contributed by atoms with Crippen molar-refractivity contribution in [2.24, 2.45) is 5.92 Å².